The van der Waals surface area contributed by atoms with Crippen molar-refractivity contribution >= 4 is 11.9 Å². The van der Waals surface area contributed by atoms with Gasteiger partial charge in [0.25, 0.3) is 5.89 Å². The number of nitrogens with one attached hydrogen (secondary N) is 1. The zero-order chi connectivity index (χ0) is 19.7. The second-order valence-corrected chi connectivity index (χ2v) is 9.73. The topological polar surface area (TPSA) is 94.3 Å². The van der Waals surface area contributed by atoms with Crippen molar-refractivity contribution < 1.29 is 18.8 Å². The van der Waals surface area contributed by atoms with Crippen molar-refractivity contribution in [1.29, 1.82) is 0 Å². The van der Waals surface area contributed by atoms with Gasteiger partial charge in [-0.25, -0.2) is 0 Å². The number of carbonyl (C=O) groups excluding carboxylic acids is 2. The molecule has 28 heavy (non-hydrogen) atoms. The van der Waals surface area contributed by atoms with Crippen LogP contribution in [-0.4, -0.2) is 28.6 Å². The molecule has 4 aliphatic carbocycles. The van der Waals surface area contributed by atoms with E-state index in [1.165, 1.54) is 38.5 Å². The van der Waals surface area contributed by atoms with Gasteiger partial charge in [0.15, 0.2) is 12.4 Å². The van der Waals surface area contributed by atoms with Crippen LogP contribution in [0.1, 0.15) is 70.5 Å². The van der Waals surface area contributed by atoms with Crippen molar-refractivity contribution in [3.63, 3.8) is 0 Å². The molecule has 154 valence electrons. The Morgan fingerprint density at radius 2 is 1.82 bits per heavy atom. The lowest BCUT2D eigenvalue weighted by atomic mass is 9.49. The molecule has 4 fully saturated rings. The van der Waals surface area contributed by atoms with Crippen molar-refractivity contribution in [2.75, 3.05) is 6.54 Å². The second-order valence-electron chi connectivity index (χ2n) is 9.73. The average molecular weight is 389 g/mol. The maximum Gasteiger partial charge on any atom is 0.325 e. The Labute approximate surface area is 166 Å². The van der Waals surface area contributed by atoms with Crippen LogP contribution < -0.4 is 5.32 Å². The van der Waals surface area contributed by atoms with E-state index in [0.717, 1.165) is 24.2 Å². The highest BCUT2D eigenvalue weighted by Crippen LogP contribution is 2.61. The van der Waals surface area contributed by atoms with Gasteiger partial charge in [0.2, 0.25) is 5.91 Å². The molecule has 0 atom stereocenters. The van der Waals surface area contributed by atoms with E-state index in [1.807, 2.05) is 0 Å². The molecule has 1 aromatic heterocycles. The molecule has 0 aromatic carbocycles. The molecular weight excluding hydrogens is 358 g/mol. The van der Waals surface area contributed by atoms with Crippen LogP contribution in [0.25, 0.3) is 0 Å². The van der Waals surface area contributed by atoms with Crippen LogP contribution in [0.4, 0.5) is 0 Å². The van der Waals surface area contributed by atoms with Crippen molar-refractivity contribution in [2.45, 2.75) is 71.8 Å². The van der Waals surface area contributed by atoms with Crippen LogP contribution in [0.15, 0.2) is 4.52 Å². The first-order chi connectivity index (χ1) is 13.4. The second kappa shape index (κ2) is 7.84. The Morgan fingerprint density at radius 3 is 2.43 bits per heavy atom. The third-order valence-electron chi connectivity index (χ3n) is 6.59. The first-order valence-electron chi connectivity index (χ1n) is 10.6. The highest BCUT2D eigenvalue weighted by molar-refractivity contribution is 5.82. The molecule has 4 bridgehead atoms. The van der Waals surface area contributed by atoms with Crippen LogP contribution in [0.3, 0.4) is 0 Å². The Morgan fingerprint density at radius 1 is 1.18 bits per heavy atom. The molecule has 0 radical (unpaired) electrons. The molecule has 4 saturated carbocycles. The Hall–Kier alpha value is -1.92. The van der Waals surface area contributed by atoms with Crippen LogP contribution in [0.2, 0.25) is 0 Å². The molecule has 5 rings (SSSR count). The molecule has 0 aliphatic heterocycles. The minimum Gasteiger partial charge on any atom is -0.454 e. The number of esters is 1. The monoisotopic (exact) mass is 389 g/mol. The lowest BCUT2D eigenvalue weighted by molar-refractivity contribution is -0.146. The number of aromatic nitrogens is 2. The van der Waals surface area contributed by atoms with E-state index in [1.54, 1.807) is 0 Å². The maximum absolute atomic E-state index is 12.5. The smallest absolute Gasteiger partial charge is 0.325 e. The van der Waals surface area contributed by atoms with E-state index in [2.05, 4.69) is 29.3 Å². The number of rotatable bonds is 8. The third kappa shape index (κ3) is 4.55. The van der Waals surface area contributed by atoms with Gasteiger partial charge in [-0.1, -0.05) is 19.0 Å². The van der Waals surface area contributed by atoms with Crippen LogP contribution in [0.5, 0.6) is 0 Å². The number of hydrogen-bond acceptors (Lipinski definition) is 6. The standard InChI is InChI=1S/C21H31N3O4/c1-13(2)3-17-23-19(28-24-17)12-27-20(26)11-22-18(25)10-21-7-14-4-15(8-21)6-16(5-14)9-21/h13-16H,3-12H2,1-2H3,(H,22,25). The molecule has 1 amide bonds. The summed E-state index contributed by atoms with van der Waals surface area (Å²) in [6.07, 6.45) is 8.92. The van der Waals surface area contributed by atoms with Crippen molar-refractivity contribution in [3.05, 3.63) is 11.7 Å². The first kappa shape index (κ1) is 19.4. The highest BCUT2D eigenvalue weighted by atomic mass is 16.6. The Kier molecular flexibility index (Phi) is 5.43. The molecule has 1 N–H and O–H groups in total. The fourth-order valence-electron chi connectivity index (χ4n) is 6.07. The number of nitrogens with zero attached hydrogens (tertiary/aromatic N) is 2. The van der Waals surface area contributed by atoms with Gasteiger partial charge in [-0.2, -0.15) is 4.98 Å². The first-order valence-corrected chi connectivity index (χ1v) is 10.6. The van der Waals surface area contributed by atoms with Crippen molar-refractivity contribution in [3.8, 4) is 0 Å². The fourth-order valence-corrected chi connectivity index (χ4v) is 6.07. The molecule has 1 heterocycles. The number of amides is 1. The molecule has 4 aliphatic rings. The molecule has 7 nitrogen and oxygen atoms in total. The van der Waals surface area contributed by atoms with Crippen LogP contribution in [-0.2, 0) is 27.4 Å². The fraction of sp³-hybridized carbons (Fsp3) is 0.810. The van der Waals surface area contributed by atoms with E-state index in [4.69, 9.17) is 9.26 Å². The van der Waals surface area contributed by atoms with Crippen molar-refractivity contribution in [2.24, 2.45) is 29.1 Å². The van der Waals surface area contributed by atoms with E-state index in [0.29, 0.717) is 18.2 Å². The lowest BCUT2D eigenvalue weighted by Crippen LogP contribution is -2.48. The summed E-state index contributed by atoms with van der Waals surface area (Å²) in [6, 6.07) is 0. The Balaban J connectivity index is 1.19. The summed E-state index contributed by atoms with van der Waals surface area (Å²) in [7, 11) is 0. The molecule has 0 unspecified atom stereocenters. The normalized spacial score (nSPS) is 30.6. The highest BCUT2D eigenvalue weighted by Gasteiger charge is 2.51. The Bertz CT molecular complexity index is 692. The van der Waals surface area contributed by atoms with Gasteiger partial charge in [0.05, 0.1) is 0 Å². The molecule has 0 spiro atoms. The summed E-state index contributed by atoms with van der Waals surface area (Å²) in [6.45, 7) is 3.97. The van der Waals surface area contributed by atoms with Gasteiger partial charge >= 0.3 is 5.97 Å². The van der Waals surface area contributed by atoms with E-state index in [9.17, 15) is 9.59 Å². The van der Waals surface area contributed by atoms with Crippen LogP contribution >= 0.6 is 0 Å². The predicted molar refractivity (Wildman–Crippen MR) is 101 cm³/mol. The van der Waals surface area contributed by atoms with E-state index < -0.39 is 5.97 Å². The summed E-state index contributed by atoms with van der Waals surface area (Å²) >= 11 is 0. The molecule has 7 heteroatoms. The molecule has 1 aromatic rings. The summed E-state index contributed by atoms with van der Waals surface area (Å²) in [5.41, 5.74) is 0.180. The minimum absolute atomic E-state index is 0.0316. The summed E-state index contributed by atoms with van der Waals surface area (Å²) in [5, 5.41) is 6.61. The van der Waals surface area contributed by atoms with Crippen molar-refractivity contribution in [1.82, 2.24) is 15.5 Å². The van der Waals surface area contributed by atoms with Gasteiger partial charge < -0.3 is 14.6 Å². The molecular formula is C21H31N3O4. The zero-order valence-corrected chi connectivity index (χ0v) is 16.9. The van der Waals surface area contributed by atoms with E-state index in [-0.39, 0.29) is 30.4 Å². The van der Waals surface area contributed by atoms with Gasteiger partial charge in [-0.05, 0) is 67.6 Å². The summed E-state index contributed by atoms with van der Waals surface area (Å²) in [4.78, 5) is 28.6. The SMILES string of the molecule is CC(C)Cc1noc(COC(=O)CNC(=O)CC23CC4CC(CC(C4)C2)C3)n1. The largest absolute Gasteiger partial charge is 0.454 e. The predicted octanol–water partition coefficient (Wildman–Crippen LogP) is 3.03. The molecule has 0 saturated heterocycles. The summed E-state index contributed by atoms with van der Waals surface area (Å²) < 4.78 is 10.2. The van der Waals surface area contributed by atoms with Gasteiger partial charge in [-0.15, -0.1) is 0 Å². The third-order valence-corrected chi connectivity index (χ3v) is 6.59. The lowest BCUT2D eigenvalue weighted by Gasteiger charge is -2.56. The van der Waals surface area contributed by atoms with Gasteiger partial charge in [0, 0.05) is 12.8 Å². The maximum atomic E-state index is 12.5. The number of carbonyl (C=O) groups is 2. The number of hydrogen-bond donors (Lipinski definition) is 1. The van der Waals surface area contributed by atoms with Gasteiger partial charge in [0.1, 0.15) is 6.54 Å². The zero-order valence-electron chi connectivity index (χ0n) is 16.9. The van der Waals surface area contributed by atoms with Gasteiger partial charge in [-0.3, -0.25) is 9.59 Å². The average Bonchev–Trinajstić information content (AvgIpc) is 3.03. The summed E-state index contributed by atoms with van der Waals surface area (Å²) in [5.74, 6) is 3.27. The quantitative estimate of drug-likeness (QED) is 0.687. The van der Waals surface area contributed by atoms with Crippen LogP contribution in [0, 0.1) is 29.1 Å². The minimum atomic E-state index is -0.484. The van der Waals surface area contributed by atoms with E-state index >= 15 is 0 Å². The number of ether oxygens (including phenoxy) is 1.